The second-order valence-corrected chi connectivity index (χ2v) is 8.31. The molecule has 146 valence electrons. The fourth-order valence-electron chi connectivity index (χ4n) is 4.83. The summed E-state index contributed by atoms with van der Waals surface area (Å²) < 4.78 is 0. The van der Waals surface area contributed by atoms with Gasteiger partial charge in [0, 0.05) is 57.2 Å². The smallest absolute Gasteiger partial charge is 0.0457 e. The quantitative estimate of drug-likeness (QED) is 0.294. The zero-order valence-electron chi connectivity index (χ0n) is 17.1. The van der Waals surface area contributed by atoms with Crippen molar-refractivity contribution in [2.24, 2.45) is 0 Å². The lowest BCUT2D eigenvalue weighted by Crippen LogP contribution is -2.02. The molecule has 0 radical (unpaired) electrons. The summed E-state index contributed by atoms with van der Waals surface area (Å²) in [6.45, 7) is 4.32. The monoisotopic (exact) mass is 389 g/mol. The van der Waals surface area contributed by atoms with Crippen molar-refractivity contribution in [1.29, 1.82) is 0 Å². The van der Waals surface area contributed by atoms with Crippen LogP contribution in [0.3, 0.4) is 0 Å². The lowest BCUT2D eigenvalue weighted by atomic mass is 9.84. The van der Waals surface area contributed by atoms with Gasteiger partial charge in [-0.25, -0.2) is 0 Å². The molecule has 0 aliphatic carbocycles. The van der Waals surface area contributed by atoms with E-state index in [1.807, 2.05) is 0 Å². The summed E-state index contributed by atoms with van der Waals surface area (Å²) in [5.74, 6) is 0.118. The molecular weight excluding hydrogens is 366 g/mol. The van der Waals surface area contributed by atoms with E-state index in [-0.39, 0.29) is 5.92 Å². The predicted molar refractivity (Wildman–Crippen MR) is 125 cm³/mol. The van der Waals surface area contributed by atoms with E-state index in [4.69, 9.17) is 0 Å². The van der Waals surface area contributed by atoms with E-state index in [2.05, 4.69) is 108 Å². The third kappa shape index (κ3) is 2.52. The molecule has 30 heavy (non-hydrogen) atoms. The summed E-state index contributed by atoms with van der Waals surface area (Å²) in [6.07, 6.45) is 6.55. The highest BCUT2D eigenvalue weighted by Gasteiger charge is 2.25. The largest absolute Gasteiger partial charge is 0.361 e. The average molecular weight is 390 g/mol. The van der Waals surface area contributed by atoms with Crippen LogP contribution >= 0.6 is 0 Å². The Kier molecular flexibility index (Phi) is 3.66. The average Bonchev–Trinajstić information content (AvgIpc) is 3.47. The van der Waals surface area contributed by atoms with Gasteiger partial charge in [0.25, 0.3) is 0 Å². The first-order valence-electron chi connectivity index (χ1n) is 10.4. The highest BCUT2D eigenvalue weighted by atomic mass is 14.7. The Labute approximate surface area is 174 Å². The Morgan fingerprint density at radius 1 is 0.533 bits per heavy atom. The fourth-order valence-corrected chi connectivity index (χ4v) is 4.83. The molecule has 3 aromatic heterocycles. The Balaban J connectivity index is 1.70. The number of hydrogen-bond donors (Lipinski definition) is 3. The van der Waals surface area contributed by atoms with Crippen LogP contribution in [-0.4, -0.2) is 15.0 Å². The van der Waals surface area contributed by atoms with Crippen molar-refractivity contribution < 1.29 is 0 Å². The second kappa shape index (κ2) is 6.39. The number of aromatic amines is 3. The molecule has 0 aliphatic rings. The van der Waals surface area contributed by atoms with Gasteiger partial charge in [-0.05, 0) is 60.9 Å². The third-order valence-corrected chi connectivity index (χ3v) is 6.29. The Morgan fingerprint density at radius 3 is 1.57 bits per heavy atom. The van der Waals surface area contributed by atoms with Crippen molar-refractivity contribution in [2.45, 2.75) is 19.8 Å². The number of H-pyrrole nitrogens is 3. The standard InChI is InChI=1S/C27H23N3/c1-16-7-9-25-19(11-16)22(14-29-25)27(21-13-28-24-6-4-3-5-18(21)24)23-15-30-26-10-8-17(2)12-20(23)26/h3-15,27-30H,1-2H3. The minimum absolute atomic E-state index is 0.118. The van der Waals surface area contributed by atoms with Crippen LogP contribution in [0, 0.1) is 13.8 Å². The fraction of sp³-hybridized carbons (Fsp3) is 0.111. The molecule has 0 atom stereocenters. The van der Waals surface area contributed by atoms with Gasteiger partial charge in [-0.3, -0.25) is 0 Å². The number of aromatic nitrogens is 3. The highest BCUT2D eigenvalue weighted by molar-refractivity contribution is 5.92. The van der Waals surface area contributed by atoms with Crippen molar-refractivity contribution in [2.75, 3.05) is 0 Å². The number of benzene rings is 3. The Hall–Kier alpha value is -3.72. The molecule has 0 amide bonds. The molecule has 0 saturated heterocycles. The molecule has 0 aliphatic heterocycles. The molecule has 3 heterocycles. The minimum Gasteiger partial charge on any atom is -0.361 e. The van der Waals surface area contributed by atoms with E-state index in [9.17, 15) is 0 Å². The van der Waals surface area contributed by atoms with Gasteiger partial charge in [0.2, 0.25) is 0 Å². The molecule has 3 heteroatoms. The molecule has 3 aromatic carbocycles. The summed E-state index contributed by atoms with van der Waals surface area (Å²) in [7, 11) is 0. The van der Waals surface area contributed by atoms with E-state index < -0.39 is 0 Å². The zero-order valence-corrected chi connectivity index (χ0v) is 17.1. The van der Waals surface area contributed by atoms with Crippen LogP contribution in [0.2, 0.25) is 0 Å². The first kappa shape index (κ1) is 17.2. The van der Waals surface area contributed by atoms with Gasteiger partial charge < -0.3 is 15.0 Å². The Morgan fingerprint density at radius 2 is 1.00 bits per heavy atom. The summed E-state index contributed by atoms with van der Waals surface area (Å²) in [4.78, 5) is 10.5. The van der Waals surface area contributed by atoms with E-state index in [1.54, 1.807) is 0 Å². The third-order valence-electron chi connectivity index (χ3n) is 6.29. The number of rotatable bonds is 3. The van der Waals surface area contributed by atoms with Crippen LogP contribution in [0.25, 0.3) is 32.7 Å². The van der Waals surface area contributed by atoms with Crippen LogP contribution in [0.4, 0.5) is 0 Å². The van der Waals surface area contributed by atoms with Crippen LogP contribution in [0.1, 0.15) is 33.7 Å². The number of aryl methyl sites for hydroxylation is 2. The summed E-state index contributed by atoms with van der Waals surface area (Å²) >= 11 is 0. The highest BCUT2D eigenvalue weighted by Crippen LogP contribution is 2.42. The van der Waals surface area contributed by atoms with Crippen LogP contribution in [-0.2, 0) is 0 Å². The van der Waals surface area contributed by atoms with Crippen molar-refractivity contribution in [3.05, 3.63) is 107 Å². The van der Waals surface area contributed by atoms with E-state index in [0.29, 0.717) is 0 Å². The molecule has 3 nitrogen and oxygen atoms in total. The maximum absolute atomic E-state index is 3.51. The van der Waals surface area contributed by atoms with Gasteiger partial charge in [0.15, 0.2) is 0 Å². The molecule has 0 bridgehead atoms. The topological polar surface area (TPSA) is 47.4 Å². The molecule has 0 spiro atoms. The molecule has 6 rings (SSSR count). The van der Waals surface area contributed by atoms with Crippen LogP contribution in [0.15, 0.2) is 79.3 Å². The predicted octanol–water partition coefficient (Wildman–Crippen LogP) is 6.93. The van der Waals surface area contributed by atoms with E-state index in [0.717, 1.165) is 0 Å². The summed E-state index contributed by atoms with van der Waals surface area (Å²) in [6, 6.07) is 21.8. The summed E-state index contributed by atoms with van der Waals surface area (Å²) in [5.41, 5.74) is 9.99. The number of hydrogen-bond acceptors (Lipinski definition) is 0. The van der Waals surface area contributed by atoms with Gasteiger partial charge in [-0.1, -0.05) is 41.5 Å². The van der Waals surface area contributed by atoms with Crippen molar-refractivity contribution >= 4 is 32.7 Å². The first-order chi connectivity index (χ1) is 14.7. The van der Waals surface area contributed by atoms with E-state index in [1.165, 1.54) is 60.5 Å². The van der Waals surface area contributed by atoms with Gasteiger partial charge in [-0.15, -0.1) is 0 Å². The normalized spacial score (nSPS) is 12.0. The molecular formula is C27H23N3. The van der Waals surface area contributed by atoms with Gasteiger partial charge >= 0.3 is 0 Å². The van der Waals surface area contributed by atoms with Crippen molar-refractivity contribution in [1.82, 2.24) is 15.0 Å². The maximum Gasteiger partial charge on any atom is 0.0457 e. The zero-order chi connectivity index (χ0) is 20.2. The molecule has 3 N–H and O–H groups in total. The van der Waals surface area contributed by atoms with Gasteiger partial charge in [-0.2, -0.15) is 0 Å². The summed E-state index contributed by atoms with van der Waals surface area (Å²) in [5, 5.41) is 3.84. The number of fused-ring (bicyclic) bond motifs is 3. The lowest BCUT2D eigenvalue weighted by Gasteiger charge is -2.17. The van der Waals surface area contributed by atoms with Crippen molar-refractivity contribution in [3.63, 3.8) is 0 Å². The Bertz CT molecular complexity index is 1450. The SMILES string of the molecule is Cc1ccc2[nH]cc(C(c3c[nH]c4ccccc34)c3c[nH]c4ccc(C)cc34)c2c1. The number of nitrogens with one attached hydrogen (secondary N) is 3. The van der Waals surface area contributed by atoms with Crippen LogP contribution in [0.5, 0.6) is 0 Å². The molecule has 6 aromatic rings. The minimum atomic E-state index is 0.118. The lowest BCUT2D eigenvalue weighted by molar-refractivity contribution is 1.01. The van der Waals surface area contributed by atoms with Gasteiger partial charge in [0.1, 0.15) is 0 Å². The van der Waals surface area contributed by atoms with Crippen LogP contribution < -0.4 is 0 Å². The number of para-hydroxylation sites is 1. The molecule has 0 saturated carbocycles. The van der Waals surface area contributed by atoms with E-state index >= 15 is 0 Å². The molecule has 0 unspecified atom stereocenters. The van der Waals surface area contributed by atoms with Gasteiger partial charge in [0.05, 0.1) is 0 Å². The first-order valence-corrected chi connectivity index (χ1v) is 10.4. The maximum atomic E-state index is 3.51. The second-order valence-electron chi connectivity index (χ2n) is 8.31. The van der Waals surface area contributed by atoms with Crippen molar-refractivity contribution in [3.8, 4) is 0 Å². The molecule has 0 fully saturated rings.